The van der Waals surface area contributed by atoms with Gasteiger partial charge in [-0.3, -0.25) is 4.79 Å². The number of carbonyl (C=O) groups is 1. The Morgan fingerprint density at radius 2 is 2.31 bits per heavy atom. The van der Waals surface area contributed by atoms with Crippen LogP contribution < -0.4 is 4.90 Å². The van der Waals surface area contributed by atoms with E-state index in [1.807, 2.05) is 11.8 Å². The number of Topliss-reactive ketones (excluding diaryl/α,β-unsaturated/α-hetero) is 1. The van der Waals surface area contributed by atoms with Gasteiger partial charge in [-0.05, 0) is 25.8 Å². The number of hydrogen-bond acceptors (Lipinski definition) is 4. The molecule has 1 saturated heterocycles. The number of anilines is 1. The smallest absolute Gasteiger partial charge is 0.196 e. The third-order valence-electron chi connectivity index (χ3n) is 2.93. The van der Waals surface area contributed by atoms with E-state index < -0.39 is 5.60 Å². The van der Waals surface area contributed by atoms with Crippen molar-refractivity contribution in [2.75, 3.05) is 18.0 Å². The summed E-state index contributed by atoms with van der Waals surface area (Å²) in [6.45, 7) is 4.72. The molecule has 88 valence electrons. The van der Waals surface area contributed by atoms with Gasteiger partial charge in [0.1, 0.15) is 0 Å². The molecule has 0 aromatic carbocycles. The Hall–Kier alpha value is -1.29. The Balaban J connectivity index is 2.14. The third-order valence-corrected chi connectivity index (χ3v) is 2.93. The Kier molecular flexibility index (Phi) is 2.76. The molecule has 0 radical (unpaired) electrons. The van der Waals surface area contributed by atoms with Gasteiger partial charge in [-0.15, -0.1) is 0 Å². The molecule has 1 aliphatic heterocycles. The van der Waals surface area contributed by atoms with Crippen LogP contribution in [0, 0.1) is 0 Å². The SMILES string of the molecule is CC(=O)c1ccc(N2CCCC(C)(O)C2)o1. The van der Waals surface area contributed by atoms with Crippen LogP contribution in [0.3, 0.4) is 0 Å². The fraction of sp³-hybridized carbons (Fsp3) is 0.583. The predicted octanol–water partition coefficient (Wildman–Crippen LogP) is 1.83. The van der Waals surface area contributed by atoms with Crippen molar-refractivity contribution in [1.82, 2.24) is 0 Å². The molecule has 1 aromatic heterocycles. The second kappa shape index (κ2) is 3.94. The molecule has 4 heteroatoms. The van der Waals surface area contributed by atoms with Crippen LogP contribution in [0.25, 0.3) is 0 Å². The fourth-order valence-corrected chi connectivity index (χ4v) is 2.10. The van der Waals surface area contributed by atoms with Crippen LogP contribution in [-0.4, -0.2) is 29.6 Å². The maximum atomic E-state index is 11.1. The number of rotatable bonds is 2. The van der Waals surface area contributed by atoms with Gasteiger partial charge in [-0.2, -0.15) is 0 Å². The van der Waals surface area contributed by atoms with Crippen molar-refractivity contribution in [2.24, 2.45) is 0 Å². The van der Waals surface area contributed by atoms with Crippen molar-refractivity contribution < 1.29 is 14.3 Å². The molecule has 1 N–H and O–H groups in total. The molecule has 0 saturated carbocycles. The molecule has 0 amide bonds. The molecular formula is C12H17NO3. The van der Waals surface area contributed by atoms with Crippen LogP contribution in [0.2, 0.25) is 0 Å². The van der Waals surface area contributed by atoms with Gasteiger partial charge in [-0.25, -0.2) is 0 Å². The molecule has 1 atom stereocenters. The van der Waals surface area contributed by atoms with Crippen LogP contribution in [0.15, 0.2) is 16.5 Å². The average molecular weight is 223 g/mol. The van der Waals surface area contributed by atoms with Crippen LogP contribution in [-0.2, 0) is 0 Å². The lowest BCUT2D eigenvalue weighted by Gasteiger charge is -2.36. The summed E-state index contributed by atoms with van der Waals surface area (Å²) in [4.78, 5) is 13.1. The van der Waals surface area contributed by atoms with Crippen molar-refractivity contribution in [3.05, 3.63) is 17.9 Å². The largest absolute Gasteiger partial charge is 0.437 e. The van der Waals surface area contributed by atoms with Crippen LogP contribution >= 0.6 is 0 Å². The number of hydrogen-bond donors (Lipinski definition) is 1. The van der Waals surface area contributed by atoms with Gasteiger partial charge in [0.2, 0.25) is 0 Å². The summed E-state index contributed by atoms with van der Waals surface area (Å²) >= 11 is 0. The van der Waals surface area contributed by atoms with Gasteiger partial charge in [0.25, 0.3) is 0 Å². The maximum Gasteiger partial charge on any atom is 0.196 e. The highest BCUT2D eigenvalue weighted by molar-refractivity contribution is 5.91. The first-order chi connectivity index (χ1) is 7.48. The molecule has 1 aromatic rings. The molecule has 0 bridgehead atoms. The van der Waals surface area contributed by atoms with Gasteiger partial charge in [-0.1, -0.05) is 0 Å². The molecule has 0 spiro atoms. The lowest BCUT2D eigenvalue weighted by molar-refractivity contribution is 0.0437. The Bertz CT molecular complexity index is 395. The molecule has 16 heavy (non-hydrogen) atoms. The molecule has 2 rings (SSSR count). The van der Waals surface area contributed by atoms with E-state index in [1.165, 1.54) is 6.92 Å². The number of β-amino-alcohol motifs (C(OH)–C–C–N with tert-alkyl or cyclic N) is 1. The highest BCUT2D eigenvalue weighted by Crippen LogP contribution is 2.27. The molecule has 1 unspecified atom stereocenters. The van der Waals surface area contributed by atoms with E-state index in [9.17, 15) is 9.90 Å². The summed E-state index contributed by atoms with van der Waals surface area (Å²) in [7, 11) is 0. The summed E-state index contributed by atoms with van der Waals surface area (Å²) in [5.41, 5.74) is -0.665. The van der Waals surface area contributed by atoms with E-state index in [2.05, 4.69) is 0 Å². The number of ketones is 1. The van der Waals surface area contributed by atoms with Gasteiger partial charge in [0.05, 0.1) is 5.60 Å². The zero-order valence-corrected chi connectivity index (χ0v) is 9.69. The first-order valence-electron chi connectivity index (χ1n) is 5.56. The number of nitrogens with zero attached hydrogens (tertiary/aromatic N) is 1. The molecule has 2 heterocycles. The highest BCUT2D eigenvalue weighted by atomic mass is 16.4. The standard InChI is InChI=1S/C12H17NO3/c1-9(14)10-4-5-11(16-10)13-7-3-6-12(2,15)8-13/h4-5,15H,3,6-8H2,1-2H3. The fourth-order valence-electron chi connectivity index (χ4n) is 2.10. The minimum absolute atomic E-state index is 0.0741. The summed E-state index contributed by atoms with van der Waals surface area (Å²) in [6, 6.07) is 3.47. The van der Waals surface area contributed by atoms with Crippen molar-refractivity contribution in [1.29, 1.82) is 0 Å². The van der Waals surface area contributed by atoms with Crippen molar-refractivity contribution >= 4 is 11.7 Å². The number of carbonyl (C=O) groups excluding carboxylic acids is 1. The minimum atomic E-state index is -0.665. The quantitative estimate of drug-likeness (QED) is 0.777. The summed E-state index contributed by atoms with van der Waals surface area (Å²) in [5.74, 6) is 0.973. The maximum absolute atomic E-state index is 11.1. The number of aliphatic hydroxyl groups is 1. The van der Waals surface area contributed by atoms with E-state index in [0.717, 1.165) is 19.4 Å². The lowest BCUT2D eigenvalue weighted by atomic mass is 9.95. The Morgan fingerprint density at radius 3 is 2.88 bits per heavy atom. The molecule has 1 fully saturated rings. The van der Waals surface area contributed by atoms with Crippen LogP contribution in [0.5, 0.6) is 0 Å². The van der Waals surface area contributed by atoms with Crippen molar-refractivity contribution in [3.63, 3.8) is 0 Å². The third kappa shape index (κ3) is 2.27. The monoisotopic (exact) mass is 223 g/mol. The van der Waals surface area contributed by atoms with Gasteiger partial charge in [0, 0.05) is 26.1 Å². The normalized spacial score (nSPS) is 25.8. The van der Waals surface area contributed by atoms with Gasteiger partial charge in [0.15, 0.2) is 17.4 Å². The van der Waals surface area contributed by atoms with E-state index in [1.54, 1.807) is 12.1 Å². The van der Waals surface area contributed by atoms with Gasteiger partial charge >= 0.3 is 0 Å². The van der Waals surface area contributed by atoms with Gasteiger partial charge < -0.3 is 14.4 Å². The zero-order valence-electron chi connectivity index (χ0n) is 9.69. The average Bonchev–Trinajstić information content (AvgIpc) is 2.64. The second-order valence-electron chi connectivity index (χ2n) is 4.72. The van der Waals surface area contributed by atoms with E-state index in [-0.39, 0.29) is 5.78 Å². The first-order valence-corrected chi connectivity index (χ1v) is 5.56. The second-order valence-corrected chi connectivity index (χ2v) is 4.72. The summed E-state index contributed by atoms with van der Waals surface area (Å²) < 4.78 is 5.44. The number of piperidine rings is 1. The summed E-state index contributed by atoms with van der Waals surface area (Å²) in [5, 5.41) is 9.97. The topological polar surface area (TPSA) is 53.7 Å². The van der Waals surface area contributed by atoms with E-state index >= 15 is 0 Å². The zero-order chi connectivity index (χ0) is 11.8. The number of furan rings is 1. The van der Waals surface area contributed by atoms with Crippen LogP contribution in [0.1, 0.15) is 37.2 Å². The van der Waals surface area contributed by atoms with Crippen molar-refractivity contribution in [2.45, 2.75) is 32.3 Å². The van der Waals surface area contributed by atoms with E-state index in [0.29, 0.717) is 18.2 Å². The Labute approximate surface area is 94.9 Å². The van der Waals surface area contributed by atoms with E-state index in [4.69, 9.17) is 4.42 Å². The van der Waals surface area contributed by atoms with Crippen LogP contribution in [0.4, 0.5) is 5.88 Å². The lowest BCUT2D eigenvalue weighted by Crippen LogP contribution is -2.46. The molecule has 4 nitrogen and oxygen atoms in total. The Morgan fingerprint density at radius 1 is 1.56 bits per heavy atom. The molecular weight excluding hydrogens is 206 g/mol. The summed E-state index contributed by atoms with van der Waals surface area (Å²) in [6.07, 6.45) is 1.74. The predicted molar refractivity (Wildman–Crippen MR) is 60.8 cm³/mol. The first kappa shape index (κ1) is 11.2. The highest BCUT2D eigenvalue weighted by Gasteiger charge is 2.29. The minimum Gasteiger partial charge on any atom is -0.437 e. The molecule has 0 aliphatic carbocycles. The van der Waals surface area contributed by atoms with Crippen molar-refractivity contribution in [3.8, 4) is 0 Å². The molecule has 1 aliphatic rings.